The zero-order valence-electron chi connectivity index (χ0n) is 15.9. The van der Waals surface area contributed by atoms with Crippen LogP contribution in [0.1, 0.15) is 49.1 Å². The van der Waals surface area contributed by atoms with Crippen LogP contribution >= 0.6 is 0 Å². The fourth-order valence-corrected chi connectivity index (χ4v) is 4.26. The summed E-state index contributed by atoms with van der Waals surface area (Å²) >= 11 is 0. The van der Waals surface area contributed by atoms with Crippen LogP contribution in [-0.4, -0.2) is 68.1 Å². The fraction of sp³-hybridized carbons (Fsp3) is 0.714. The lowest BCUT2D eigenvalue weighted by molar-refractivity contribution is 0.191. The van der Waals surface area contributed by atoms with Gasteiger partial charge < -0.3 is 9.80 Å². The Hall–Kier alpha value is -0.900. The maximum atomic E-state index is 2.66. The molecule has 1 atom stereocenters. The van der Waals surface area contributed by atoms with Gasteiger partial charge in [-0.1, -0.05) is 30.7 Å². The number of likely N-dealkylation sites (tertiary alicyclic amines) is 2. The molecule has 0 spiro atoms. The van der Waals surface area contributed by atoms with E-state index in [0.29, 0.717) is 6.04 Å². The minimum Gasteiger partial charge on any atom is -0.306 e. The second-order valence-electron chi connectivity index (χ2n) is 8.17. The number of likely N-dealkylation sites (N-methyl/N-ethyl adjacent to an activating group) is 1. The number of hydrogen-bond donors (Lipinski definition) is 0. The minimum absolute atomic E-state index is 0.714. The van der Waals surface area contributed by atoms with Crippen molar-refractivity contribution in [3.05, 3.63) is 35.4 Å². The maximum Gasteiger partial charge on any atom is 0.0234 e. The van der Waals surface area contributed by atoms with Crippen LogP contribution in [-0.2, 0) is 6.54 Å². The minimum atomic E-state index is 0.714. The molecule has 0 saturated carbocycles. The summed E-state index contributed by atoms with van der Waals surface area (Å²) in [7, 11) is 6.69. The largest absolute Gasteiger partial charge is 0.306 e. The molecule has 2 aliphatic rings. The van der Waals surface area contributed by atoms with Gasteiger partial charge in [-0.05, 0) is 83.5 Å². The molecule has 3 heteroatoms. The normalized spacial score (nSPS) is 25.1. The van der Waals surface area contributed by atoms with Gasteiger partial charge in [0.1, 0.15) is 0 Å². The molecule has 2 saturated heterocycles. The van der Waals surface area contributed by atoms with Crippen LogP contribution in [0.4, 0.5) is 0 Å². The topological polar surface area (TPSA) is 9.72 Å². The van der Waals surface area contributed by atoms with E-state index in [2.05, 4.69) is 60.1 Å². The molecule has 0 N–H and O–H groups in total. The maximum absolute atomic E-state index is 2.66. The molecular weight excluding hydrogens is 294 g/mol. The average molecular weight is 330 g/mol. The van der Waals surface area contributed by atoms with E-state index in [9.17, 15) is 0 Å². The highest BCUT2D eigenvalue weighted by molar-refractivity contribution is 5.26. The Morgan fingerprint density at radius 1 is 0.958 bits per heavy atom. The van der Waals surface area contributed by atoms with E-state index >= 15 is 0 Å². The van der Waals surface area contributed by atoms with Crippen LogP contribution in [0.25, 0.3) is 0 Å². The molecule has 3 rings (SSSR count). The van der Waals surface area contributed by atoms with E-state index in [1.165, 1.54) is 63.8 Å². The van der Waals surface area contributed by atoms with Crippen molar-refractivity contribution in [1.82, 2.24) is 14.7 Å². The molecule has 2 heterocycles. The molecule has 0 bridgehead atoms. The molecule has 3 nitrogen and oxygen atoms in total. The molecule has 0 aliphatic carbocycles. The molecule has 134 valence electrons. The summed E-state index contributed by atoms with van der Waals surface area (Å²) in [6, 6.07) is 10.3. The second kappa shape index (κ2) is 8.46. The number of benzene rings is 1. The Bertz CT molecular complexity index is 488. The Labute approximate surface area is 148 Å². The van der Waals surface area contributed by atoms with Gasteiger partial charge in [-0.3, -0.25) is 4.90 Å². The third-order valence-corrected chi connectivity index (χ3v) is 6.04. The molecule has 0 amide bonds. The third-order valence-electron chi connectivity index (χ3n) is 6.04. The molecule has 1 aromatic carbocycles. The monoisotopic (exact) mass is 329 g/mol. The van der Waals surface area contributed by atoms with Gasteiger partial charge in [0.15, 0.2) is 0 Å². The second-order valence-corrected chi connectivity index (χ2v) is 8.17. The molecular formula is C21H35N3. The summed E-state index contributed by atoms with van der Waals surface area (Å²) in [4.78, 5) is 7.51. The Morgan fingerprint density at radius 3 is 2.33 bits per heavy atom. The first-order valence-corrected chi connectivity index (χ1v) is 9.78. The summed E-state index contributed by atoms with van der Waals surface area (Å²) < 4.78 is 0. The van der Waals surface area contributed by atoms with Gasteiger partial charge in [0.2, 0.25) is 0 Å². The Balaban J connectivity index is 1.57. The van der Waals surface area contributed by atoms with Crippen LogP contribution in [0, 0.1) is 0 Å². The van der Waals surface area contributed by atoms with Crippen molar-refractivity contribution in [2.24, 2.45) is 0 Å². The molecule has 1 unspecified atom stereocenters. The first-order valence-electron chi connectivity index (χ1n) is 9.78. The Morgan fingerprint density at radius 2 is 1.67 bits per heavy atom. The number of piperidine rings is 1. The van der Waals surface area contributed by atoms with E-state index in [4.69, 9.17) is 0 Å². The predicted molar refractivity (Wildman–Crippen MR) is 103 cm³/mol. The van der Waals surface area contributed by atoms with Gasteiger partial charge in [-0.15, -0.1) is 0 Å². The van der Waals surface area contributed by atoms with Crippen molar-refractivity contribution in [2.45, 2.75) is 50.6 Å². The van der Waals surface area contributed by atoms with Crippen molar-refractivity contribution in [1.29, 1.82) is 0 Å². The zero-order valence-corrected chi connectivity index (χ0v) is 15.9. The van der Waals surface area contributed by atoms with Crippen molar-refractivity contribution in [3.63, 3.8) is 0 Å². The lowest BCUT2D eigenvalue weighted by Crippen LogP contribution is -2.38. The van der Waals surface area contributed by atoms with Gasteiger partial charge in [0, 0.05) is 19.1 Å². The molecule has 0 aromatic heterocycles. The Kier molecular flexibility index (Phi) is 6.31. The summed E-state index contributed by atoms with van der Waals surface area (Å²) in [5, 5.41) is 0. The van der Waals surface area contributed by atoms with E-state index < -0.39 is 0 Å². The summed E-state index contributed by atoms with van der Waals surface area (Å²) in [5.41, 5.74) is 3.03. The van der Waals surface area contributed by atoms with Crippen molar-refractivity contribution in [2.75, 3.05) is 47.3 Å². The first kappa shape index (κ1) is 17.9. The van der Waals surface area contributed by atoms with Crippen LogP contribution < -0.4 is 0 Å². The standard InChI is InChI=1S/C21H35N3/c1-22(2)21-6-4-5-13-24(17-21)16-18-7-9-19(10-8-18)20-11-14-23(3)15-12-20/h7-10,20-21H,4-6,11-17H2,1-3H3. The average Bonchev–Trinajstić information content (AvgIpc) is 2.82. The molecule has 2 aliphatic heterocycles. The van der Waals surface area contributed by atoms with Crippen molar-refractivity contribution < 1.29 is 0 Å². The molecule has 1 aromatic rings. The van der Waals surface area contributed by atoms with Crippen LogP contribution in [0.2, 0.25) is 0 Å². The molecule has 0 radical (unpaired) electrons. The first-order chi connectivity index (χ1) is 11.6. The lowest BCUT2D eigenvalue weighted by Gasteiger charge is -2.30. The van der Waals surface area contributed by atoms with Crippen molar-refractivity contribution in [3.8, 4) is 0 Å². The van der Waals surface area contributed by atoms with Gasteiger partial charge >= 0.3 is 0 Å². The van der Waals surface area contributed by atoms with Crippen LogP contribution in [0.5, 0.6) is 0 Å². The summed E-state index contributed by atoms with van der Waals surface area (Å²) in [6.45, 7) is 6.06. The summed E-state index contributed by atoms with van der Waals surface area (Å²) in [5.74, 6) is 0.770. The van der Waals surface area contributed by atoms with Gasteiger partial charge in [-0.2, -0.15) is 0 Å². The summed E-state index contributed by atoms with van der Waals surface area (Å²) in [6.07, 6.45) is 6.68. The van der Waals surface area contributed by atoms with Gasteiger partial charge in [0.05, 0.1) is 0 Å². The quantitative estimate of drug-likeness (QED) is 0.838. The highest BCUT2D eigenvalue weighted by Crippen LogP contribution is 2.28. The smallest absolute Gasteiger partial charge is 0.0234 e. The van der Waals surface area contributed by atoms with E-state index in [1.807, 2.05) is 0 Å². The predicted octanol–water partition coefficient (Wildman–Crippen LogP) is 3.41. The van der Waals surface area contributed by atoms with Crippen LogP contribution in [0.15, 0.2) is 24.3 Å². The number of nitrogens with zero attached hydrogens (tertiary/aromatic N) is 3. The van der Waals surface area contributed by atoms with E-state index in [-0.39, 0.29) is 0 Å². The van der Waals surface area contributed by atoms with Crippen LogP contribution in [0.3, 0.4) is 0 Å². The lowest BCUT2D eigenvalue weighted by atomic mass is 9.89. The molecule has 2 fully saturated rings. The van der Waals surface area contributed by atoms with Gasteiger partial charge in [-0.25, -0.2) is 0 Å². The SMILES string of the molecule is CN1CCC(c2ccc(CN3CCCCC(N(C)C)C3)cc2)CC1. The van der Waals surface area contributed by atoms with E-state index in [1.54, 1.807) is 5.56 Å². The van der Waals surface area contributed by atoms with E-state index in [0.717, 1.165) is 12.5 Å². The zero-order chi connectivity index (χ0) is 16.9. The molecule has 24 heavy (non-hydrogen) atoms. The fourth-order valence-electron chi connectivity index (χ4n) is 4.26. The highest BCUT2D eigenvalue weighted by Gasteiger charge is 2.20. The number of rotatable bonds is 4. The van der Waals surface area contributed by atoms with Crippen molar-refractivity contribution >= 4 is 0 Å². The highest BCUT2D eigenvalue weighted by atomic mass is 15.2. The number of hydrogen-bond acceptors (Lipinski definition) is 3. The van der Waals surface area contributed by atoms with Gasteiger partial charge in [0.25, 0.3) is 0 Å². The third kappa shape index (κ3) is 4.81.